The Morgan fingerprint density at radius 1 is 1.29 bits per heavy atom. The van der Waals surface area contributed by atoms with Crippen LogP contribution < -0.4 is 5.32 Å². The molecule has 1 fully saturated rings. The topological polar surface area (TPSA) is 59.8 Å². The number of hydrogen-bond donors (Lipinski definition) is 1. The summed E-state index contributed by atoms with van der Waals surface area (Å²) in [4.78, 5) is 17.6. The van der Waals surface area contributed by atoms with Gasteiger partial charge in [0.05, 0.1) is 16.6 Å². The van der Waals surface area contributed by atoms with Crippen molar-refractivity contribution >= 4 is 38.6 Å². The first-order valence-electron chi connectivity index (χ1n) is 7.94. The molecule has 1 N–H and O–H groups in total. The van der Waals surface area contributed by atoms with Crippen LogP contribution in [0.25, 0.3) is 11.0 Å². The van der Waals surface area contributed by atoms with Crippen LogP contribution in [0.3, 0.4) is 0 Å². The summed E-state index contributed by atoms with van der Waals surface area (Å²) < 4.78 is 2.73. The molecule has 0 saturated heterocycles. The Labute approximate surface area is 148 Å². The second-order valence-corrected chi connectivity index (χ2v) is 7.15. The summed E-state index contributed by atoms with van der Waals surface area (Å²) >= 11 is 3.40. The van der Waals surface area contributed by atoms with Crippen molar-refractivity contribution < 1.29 is 4.79 Å². The highest BCUT2D eigenvalue weighted by molar-refractivity contribution is 9.10. The average Bonchev–Trinajstić information content (AvgIpc) is 3.36. The fourth-order valence-corrected chi connectivity index (χ4v) is 3.23. The Balaban J connectivity index is 1.79. The van der Waals surface area contributed by atoms with Crippen molar-refractivity contribution in [2.24, 2.45) is 7.05 Å². The van der Waals surface area contributed by atoms with E-state index in [0.29, 0.717) is 11.5 Å². The molecule has 2 aromatic heterocycles. The van der Waals surface area contributed by atoms with Gasteiger partial charge in [-0.1, -0.05) is 15.9 Å². The first-order chi connectivity index (χ1) is 11.5. The molecule has 1 aliphatic rings. The van der Waals surface area contributed by atoms with Crippen LogP contribution in [0.5, 0.6) is 0 Å². The van der Waals surface area contributed by atoms with E-state index in [1.165, 1.54) is 0 Å². The zero-order chi connectivity index (χ0) is 16.8. The Morgan fingerprint density at radius 3 is 2.67 bits per heavy atom. The zero-order valence-electron chi connectivity index (χ0n) is 13.5. The van der Waals surface area contributed by atoms with Crippen LogP contribution in [0.15, 0.2) is 34.8 Å². The first kappa shape index (κ1) is 15.3. The van der Waals surface area contributed by atoms with Crippen molar-refractivity contribution in [3.8, 4) is 0 Å². The lowest BCUT2D eigenvalue weighted by molar-refractivity contribution is 0.102. The minimum absolute atomic E-state index is 0.122. The summed E-state index contributed by atoms with van der Waals surface area (Å²) in [5.74, 6) is 0.353. The summed E-state index contributed by atoms with van der Waals surface area (Å²) in [6.07, 6.45) is 2.28. The second-order valence-electron chi connectivity index (χ2n) is 6.24. The summed E-state index contributed by atoms with van der Waals surface area (Å²) in [5, 5.41) is 8.25. The Kier molecular flexibility index (Phi) is 3.64. The van der Waals surface area contributed by atoms with E-state index in [0.717, 1.165) is 45.4 Å². The minimum atomic E-state index is -0.122. The van der Waals surface area contributed by atoms with Gasteiger partial charge in [0, 0.05) is 28.8 Å². The van der Waals surface area contributed by atoms with Gasteiger partial charge in [0.25, 0.3) is 5.91 Å². The van der Waals surface area contributed by atoms with Crippen molar-refractivity contribution in [1.29, 1.82) is 0 Å². The number of hydrogen-bond acceptors (Lipinski definition) is 3. The van der Waals surface area contributed by atoms with Gasteiger partial charge >= 0.3 is 0 Å². The monoisotopic (exact) mass is 384 g/mol. The average molecular weight is 385 g/mol. The third kappa shape index (κ3) is 2.71. The smallest absolute Gasteiger partial charge is 0.256 e. The van der Waals surface area contributed by atoms with Crippen LogP contribution in [0.4, 0.5) is 5.69 Å². The highest BCUT2D eigenvalue weighted by Gasteiger charge is 2.28. The van der Waals surface area contributed by atoms with Gasteiger partial charge in [-0.05, 0) is 50.1 Å². The number of amides is 1. The van der Waals surface area contributed by atoms with E-state index >= 15 is 0 Å². The van der Waals surface area contributed by atoms with Gasteiger partial charge < -0.3 is 5.32 Å². The van der Waals surface area contributed by atoms with Crippen molar-refractivity contribution in [2.75, 3.05) is 5.32 Å². The maximum atomic E-state index is 12.9. The van der Waals surface area contributed by atoms with Crippen LogP contribution in [-0.2, 0) is 7.05 Å². The lowest BCUT2D eigenvalue weighted by atomic mass is 10.1. The number of aryl methyl sites for hydroxylation is 2. The highest BCUT2D eigenvalue weighted by Crippen LogP contribution is 2.40. The predicted octanol–water partition coefficient (Wildman–Crippen LogP) is 4.17. The second kappa shape index (κ2) is 5.70. The maximum absolute atomic E-state index is 12.9. The van der Waals surface area contributed by atoms with E-state index in [9.17, 15) is 4.79 Å². The number of carbonyl (C=O) groups is 1. The fraction of sp³-hybridized carbons (Fsp3) is 0.278. The SMILES string of the molecule is Cc1nn(C)c2nc(C3CC3)cc(C(=O)Nc3ccc(Br)cc3)c12. The Morgan fingerprint density at radius 2 is 2.00 bits per heavy atom. The lowest BCUT2D eigenvalue weighted by Gasteiger charge is -2.09. The fourth-order valence-electron chi connectivity index (χ4n) is 2.96. The molecule has 122 valence electrons. The molecule has 1 aliphatic carbocycles. The minimum Gasteiger partial charge on any atom is -0.322 e. The molecule has 0 radical (unpaired) electrons. The molecule has 6 heteroatoms. The Hall–Kier alpha value is -2.21. The lowest BCUT2D eigenvalue weighted by Crippen LogP contribution is -2.13. The largest absolute Gasteiger partial charge is 0.322 e. The first-order valence-corrected chi connectivity index (χ1v) is 8.73. The third-order valence-corrected chi connectivity index (χ3v) is 4.86. The van der Waals surface area contributed by atoms with Gasteiger partial charge in [-0.15, -0.1) is 0 Å². The van der Waals surface area contributed by atoms with E-state index in [-0.39, 0.29) is 5.91 Å². The molecule has 2 heterocycles. The van der Waals surface area contributed by atoms with E-state index in [2.05, 4.69) is 26.3 Å². The number of pyridine rings is 1. The number of anilines is 1. The number of rotatable bonds is 3. The van der Waals surface area contributed by atoms with E-state index in [1.54, 1.807) is 4.68 Å². The van der Waals surface area contributed by atoms with Gasteiger partial charge in [-0.25, -0.2) is 4.98 Å². The van der Waals surface area contributed by atoms with Gasteiger partial charge in [0.1, 0.15) is 0 Å². The number of benzene rings is 1. The number of nitrogens with zero attached hydrogens (tertiary/aromatic N) is 3. The summed E-state index contributed by atoms with van der Waals surface area (Å²) in [6, 6.07) is 9.49. The van der Waals surface area contributed by atoms with Crippen LogP contribution in [0.1, 0.15) is 40.5 Å². The van der Waals surface area contributed by atoms with Crippen LogP contribution >= 0.6 is 15.9 Å². The number of halogens is 1. The molecule has 4 rings (SSSR count). The molecule has 1 aromatic carbocycles. The molecule has 0 bridgehead atoms. The summed E-state index contributed by atoms with van der Waals surface area (Å²) in [7, 11) is 1.87. The molecular weight excluding hydrogens is 368 g/mol. The normalized spacial score (nSPS) is 14.1. The zero-order valence-corrected chi connectivity index (χ0v) is 15.1. The molecule has 24 heavy (non-hydrogen) atoms. The molecular formula is C18H17BrN4O. The predicted molar refractivity (Wildman–Crippen MR) is 97.3 cm³/mol. The van der Waals surface area contributed by atoms with E-state index < -0.39 is 0 Å². The van der Waals surface area contributed by atoms with Crippen molar-refractivity contribution in [3.63, 3.8) is 0 Å². The quantitative estimate of drug-likeness (QED) is 0.736. The molecule has 0 aliphatic heterocycles. The van der Waals surface area contributed by atoms with E-state index in [1.807, 2.05) is 44.3 Å². The summed E-state index contributed by atoms with van der Waals surface area (Å²) in [5.41, 5.74) is 4.01. The number of aromatic nitrogens is 3. The molecule has 0 atom stereocenters. The molecule has 0 spiro atoms. The van der Waals surface area contributed by atoms with Gasteiger partial charge in [0.2, 0.25) is 0 Å². The molecule has 5 nitrogen and oxygen atoms in total. The van der Waals surface area contributed by atoms with Gasteiger partial charge in [-0.3, -0.25) is 9.48 Å². The molecule has 1 saturated carbocycles. The summed E-state index contributed by atoms with van der Waals surface area (Å²) in [6.45, 7) is 1.91. The number of fused-ring (bicyclic) bond motifs is 1. The molecule has 0 unspecified atom stereocenters. The highest BCUT2D eigenvalue weighted by atomic mass is 79.9. The van der Waals surface area contributed by atoms with Crippen LogP contribution in [0.2, 0.25) is 0 Å². The third-order valence-electron chi connectivity index (χ3n) is 4.33. The van der Waals surface area contributed by atoms with Gasteiger partial charge in [-0.2, -0.15) is 5.10 Å². The van der Waals surface area contributed by atoms with Gasteiger partial charge in [0.15, 0.2) is 5.65 Å². The van der Waals surface area contributed by atoms with Crippen molar-refractivity contribution in [2.45, 2.75) is 25.7 Å². The molecule has 3 aromatic rings. The van der Waals surface area contributed by atoms with E-state index in [4.69, 9.17) is 4.98 Å². The van der Waals surface area contributed by atoms with Crippen LogP contribution in [-0.4, -0.2) is 20.7 Å². The maximum Gasteiger partial charge on any atom is 0.256 e. The number of nitrogens with one attached hydrogen (secondary N) is 1. The standard InChI is InChI=1S/C18H17BrN4O/c1-10-16-14(18(24)20-13-7-5-12(19)6-8-13)9-15(11-3-4-11)21-17(16)23(2)22-10/h5-9,11H,3-4H2,1-2H3,(H,20,24). The Bertz CT molecular complexity index is 942. The van der Waals surface area contributed by atoms with Crippen molar-refractivity contribution in [3.05, 3.63) is 51.8 Å². The number of carbonyl (C=O) groups excluding carboxylic acids is 1. The molecule has 1 amide bonds. The van der Waals surface area contributed by atoms with Crippen LogP contribution in [0, 0.1) is 6.92 Å². The van der Waals surface area contributed by atoms with Crippen molar-refractivity contribution in [1.82, 2.24) is 14.8 Å².